The molecule has 14 heavy (non-hydrogen) atoms. The number of hydrogen-bond acceptors (Lipinski definition) is 4. The summed E-state index contributed by atoms with van der Waals surface area (Å²) in [6.07, 6.45) is 1.09. The summed E-state index contributed by atoms with van der Waals surface area (Å²) in [4.78, 5) is 11.9. The average molecular weight is 223 g/mol. The van der Waals surface area contributed by atoms with Gasteiger partial charge in [0.2, 0.25) is 5.91 Å². The zero-order valence-corrected chi connectivity index (χ0v) is 8.40. The molecule has 1 amide bonds. The summed E-state index contributed by atoms with van der Waals surface area (Å²) in [6, 6.07) is 0. The lowest BCUT2D eigenvalue weighted by Crippen LogP contribution is -2.32. The van der Waals surface area contributed by atoms with Crippen molar-refractivity contribution in [2.45, 2.75) is 6.42 Å². The number of aliphatic hydroxyl groups is 1. The van der Waals surface area contributed by atoms with Crippen molar-refractivity contribution < 1.29 is 22.9 Å². The standard InChI is InChI=1S/C7H13NO5S/c1-2-7(10)8(6-9)4-3-5-14(11,12)13/h2,9H,1,3-6H2,(H,11,12,13). The van der Waals surface area contributed by atoms with Crippen molar-refractivity contribution in [3.63, 3.8) is 0 Å². The van der Waals surface area contributed by atoms with Crippen LogP contribution in [-0.4, -0.2) is 47.9 Å². The van der Waals surface area contributed by atoms with Crippen molar-refractivity contribution in [2.75, 3.05) is 19.0 Å². The Kier molecular flexibility index (Phi) is 5.36. The van der Waals surface area contributed by atoms with Crippen molar-refractivity contribution >= 4 is 16.0 Å². The minimum Gasteiger partial charge on any atom is -0.376 e. The molecule has 0 aliphatic rings. The molecule has 0 aromatic rings. The van der Waals surface area contributed by atoms with Gasteiger partial charge in [-0.1, -0.05) is 6.58 Å². The molecule has 82 valence electrons. The first kappa shape index (κ1) is 13.1. The van der Waals surface area contributed by atoms with Crippen LogP contribution in [-0.2, 0) is 14.9 Å². The van der Waals surface area contributed by atoms with Crippen LogP contribution in [0.4, 0.5) is 0 Å². The SMILES string of the molecule is C=CC(=O)N(CO)CCCS(=O)(=O)O. The first-order valence-corrected chi connectivity index (χ1v) is 5.49. The Balaban J connectivity index is 3.97. The summed E-state index contributed by atoms with van der Waals surface area (Å²) in [5, 5.41) is 8.70. The number of rotatable bonds is 6. The fourth-order valence-electron chi connectivity index (χ4n) is 0.818. The monoisotopic (exact) mass is 223 g/mol. The Morgan fingerprint density at radius 1 is 1.50 bits per heavy atom. The van der Waals surface area contributed by atoms with Gasteiger partial charge < -0.3 is 10.0 Å². The number of carbonyl (C=O) groups is 1. The van der Waals surface area contributed by atoms with E-state index < -0.39 is 28.5 Å². The molecule has 0 unspecified atom stereocenters. The minimum absolute atomic E-state index is 0.0567. The maximum Gasteiger partial charge on any atom is 0.264 e. The highest BCUT2D eigenvalue weighted by Crippen LogP contribution is 1.95. The number of hydrogen-bond donors (Lipinski definition) is 2. The van der Waals surface area contributed by atoms with Gasteiger partial charge >= 0.3 is 0 Å². The molecular formula is C7H13NO5S. The van der Waals surface area contributed by atoms with Crippen LogP contribution in [0, 0.1) is 0 Å². The van der Waals surface area contributed by atoms with Crippen molar-refractivity contribution in [3.05, 3.63) is 12.7 Å². The van der Waals surface area contributed by atoms with E-state index >= 15 is 0 Å². The Labute approximate surface area is 82.6 Å². The van der Waals surface area contributed by atoms with Gasteiger partial charge in [-0.25, -0.2) is 0 Å². The number of carbonyl (C=O) groups excluding carboxylic acids is 1. The van der Waals surface area contributed by atoms with Gasteiger partial charge in [-0.05, 0) is 12.5 Å². The summed E-state index contributed by atoms with van der Waals surface area (Å²) in [5.41, 5.74) is 0. The molecule has 0 saturated heterocycles. The van der Waals surface area contributed by atoms with Crippen LogP contribution >= 0.6 is 0 Å². The Hall–Kier alpha value is -0.920. The molecule has 0 radical (unpaired) electrons. The Morgan fingerprint density at radius 2 is 2.07 bits per heavy atom. The second-order valence-corrected chi connectivity index (χ2v) is 4.16. The molecule has 0 aliphatic carbocycles. The number of aliphatic hydroxyl groups excluding tert-OH is 1. The summed E-state index contributed by atoms with van der Waals surface area (Å²) < 4.78 is 29.0. The predicted molar refractivity (Wildman–Crippen MR) is 50.0 cm³/mol. The van der Waals surface area contributed by atoms with E-state index in [9.17, 15) is 13.2 Å². The first-order valence-electron chi connectivity index (χ1n) is 3.88. The maximum absolute atomic E-state index is 10.9. The van der Waals surface area contributed by atoms with E-state index in [4.69, 9.17) is 9.66 Å². The lowest BCUT2D eigenvalue weighted by atomic mass is 10.4. The lowest BCUT2D eigenvalue weighted by molar-refractivity contribution is -0.129. The average Bonchev–Trinajstić information content (AvgIpc) is 2.09. The van der Waals surface area contributed by atoms with Gasteiger partial charge in [0, 0.05) is 6.54 Å². The van der Waals surface area contributed by atoms with Gasteiger partial charge in [-0.3, -0.25) is 9.35 Å². The molecule has 6 nitrogen and oxygen atoms in total. The van der Waals surface area contributed by atoms with Crippen LogP contribution in [0.2, 0.25) is 0 Å². The third-order valence-electron chi connectivity index (χ3n) is 1.49. The van der Waals surface area contributed by atoms with Crippen LogP contribution in [0.15, 0.2) is 12.7 Å². The van der Waals surface area contributed by atoms with E-state index in [1.165, 1.54) is 0 Å². The van der Waals surface area contributed by atoms with Crippen molar-refractivity contribution in [1.82, 2.24) is 4.90 Å². The van der Waals surface area contributed by atoms with E-state index in [2.05, 4.69) is 6.58 Å². The molecule has 0 spiro atoms. The maximum atomic E-state index is 10.9. The second kappa shape index (κ2) is 5.74. The molecular weight excluding hydrogens is 210 g/mol. The molecule has 0 aliphatic heterocycles. The van der Waals surface area contributed by atoms with Crippen LogP contribution < -0.4 is 0 Å². The summed E-state index contributed by atoms with van der Waals surface area (Å²) >= 11 is 0. The molecule has 0 atom stereocenters. The normalized spacial score (nSPS) is 11.0. The highest BCUT2D eigenvalue weighted by Gasteiger charge is 2.10. The van der Waals surface area contributed by atoms with Gasteiger partial charge in [0.15, 0.2) is 0 Å². The zero-order chi connectivity index (χ0) is 11.2. The van der Waals surface area contributed by atoms with Gasteiger partial charge in [-0.15, -0.1) is 0 Å². The number of amides is 1. The molecule has 0 fully saturated rings. The minimum atomic E-state index is -4.01. The van der Waals surface area contributed by atoms with E-state index in [-0.39, 0.29) is 13.0 Å². The lowest BCUT2D eigenvalue weighted by Gasteiger charge is -2.17. The van der Waals surface area contributed by atoms with Gasteiger partial charge in [0.25, 0.3) is 10.1 Å². The van der Waals surface area contributed by atoms with Crippen LogP contribution in [0.25, 0.3) is 0 Å². The second-order valence-electron chi connectivity index (χ2n) is 2.59. The topological polar surface area (TPSA) is 94.9 Å². The molecule has 0 aromatic heterocycles. The quantitative estimate of drug-likeness (QED) is 0.350. The van der Waals surface area contributed by atoms with Crippen molar-refractivity contribution in [2.24, 2.45) is 0 Å². The Bertz CT molecular complexity index is 297. The van der Waals surface area contributed by atoms with E-state index in [1.54, 1.807) is 0 Å². The van der Waals surface area contributed by atoms with Crippen molar-refractivity contribution in [3.8, 4) is 0 Å². The largest absolute Gasteiger partial charge is 0.376 e. The summed E-state index contributed by atoms with van der Waals surface area (Å²) in [6.45, 7) is 2.77. The zero-order valence-electron chi connectivity index (χ0n) is 7.59. The summed E-state index contributed by atoms with van der Waals surface area (Å²) in [5.74, 6) is -0.920. The highest BCUT2D eigenvalue weighted by atomic mass is 32.2. The van der Waals surface area contributed by atoms with Gasteiger partial charge in [-0.2, -0.15) is 8.42 Å². The molecule has 0 heterocycles. The molecule has 0 bridgehead atoms. The highest BCUT2D eigenvalue weighted by molar-refractivity contribution is 7.85. The molecule has 7 heteroatoms. The van der Waals surface area contributed by atoms with E-state index in [1.807, 2.05) is 0 Å². The van der Waals surface area contributed by atoms with Crippen LogP contribution in [0.3, 0.4) is 0 Å². The fraction of sp³-hybridized carbons (Fsp3) is 0.571. The third kappa shape index (κ3) is 5.68. The summed E-state index contributed by atoms with van der Waals surface area (Å²) in [7, 11) is -4.01. The van der Waals surface area contributed by atoms with E-state index in [0.29, 0.717) is 0 Å². The molecule has 0 rings (SSSR count). The van der Waals surface area contributed by atoms with Crippen LogP contribution in [0.5, 0.6) is 0 Å². The molecule has 0 saturated carbocycles. The van der Waals surface area contributed by atoms with Gasteiger partial charge in [0.1, 0.15) is 6.73 Å². The fourth-order valence-corrected chi connectivity index (χ4v) is 1.31. The Morgan fingerprint density at radius 3 is 2.43 bits per heavy atom. The van der Waals surface area contributed by atoms with Crippen LogP contribution in [0.1, 0.15) is 6.42 Å². The smallest absolute Gasteiger partial charge is 0.264 e. The first-order chi connectivity index (χ1) is 6.40. The molecule has 0 aromatic carbocycles. The van der Waals surface area contributed by atoms with Gasteiger partial charge in [0.05, 0.1) is 5.75 Å². The number of nitrogens with zero attached hydrogens (tertiary/aromatic N) is 1. The predicted octanol–water partition coefficient (Wildman–Crippen LogP) is -0.771. The molecule has 2 N–H and O–H groups in total. The third-order valence-corrected chi connectivity index (χ3v) is 2.29. The van der Waals surface area contributed by atoms with E-state index in [0.717, 1.165) is 11.0 Å². The van der Waals surface area contributed by atoms with Crippen molar-refractivity contribution in [1.29, 1.82) is 0 Å².